The molecule has 99 valence electrons. The lowest BCUT2D eigenvalue weighted by molar-refractivity contribution is -0.105. The zero-order valence-electron chi connectivity index (χ0n) is 9.91. The molecule has 0 fully saturated rings. The Kier molecular flexibility index (Phi) is 4.73. The molecule has 1 radical (unpaired) electrons. The average molecular weight is 279 g/mol. The second kappa shape index (κ2) is 6.74. The minimum atomic E-state index is -0.136. The van der Waals surface area contributed by atoms with E-state index in [0.717, 1.165) is 30.8 Å². The third-order valence-corrected chi connectivity index (χ3v) is 3.05. The normalized spacial score (nSPS) is 18.9. The van der Waals surface area contributed by atoms with Crippen LogP contribution in [0.4, 0.5) is 5.13 Å². The molecular weight excluding hydrogens is 268 g/mol. The molecule has 1 amide bonds. The summed E-state index contributed by atoms with van der Waals surface area (Å²) < 4.78 is 3.89. The minimum Gasteiger partial charge on any atom is -0.388 e. The number of carbonyl (C=O) groups is 1. The molecule has 1 aliphatic carbocycles. The van der Waals surface area contributed by atoms with Gasteiger partial charge in [0.05, 0.1) is 0 Å². The summed E-state index contributed by atoms with van der Waals surface area (Å²) in [6.07, 6.45) is 8.81. The fourth-order valence-electron chi connectivity index (χ4n) is 1.52. The number of allylic oxidation sites excluding steroid dienone is 1. The summed E-state index contributed by atoms with van der Waals surface area (Å²) in [7, 11) is 0. The summed E-state index contributed by atoms with van der Waals surface area (Å²) in [5.41, 5.74) is -0.117. The van der Waals surface area contributed by atoms with E-state index in [1.165, 1.54) is 0 Å². The zero-order valence-corrected chi connectivity index (χ0v) is 10.7. The van der Waals surface area contributed by atoms with E-state index in [-0.39, 0.29) is 22.8 Å². The first kappa shape index (κ1) is 13.3. The van der Waals surface area contributed by atoms with E-state index in [4.69, 9.17) is 4.84 Å². The Bertz CT molecular complexity index is 512. The van der Waals surface area contributed by atoms with Crippen molar-refractivity contribution in [1.82, 2.24) is 9.36 Å². The van der Waals surface area contributed by atoms with Crippen LogP contribution in [0.1, 0.15) is 25.1 Å². The molecule has 0 saturated heterocycles. The SMILES string of the molecule is O=[C]C(=NOC1C=CCCC1)c1nsc(NC=O)n1. The molecule has 0 saturated carbocycles. The van der Waals surface area contributed by atoms with Crippen molar-refractivity contribution in [3.63, 3.8) is 0 Å². The van der Waals surface area contributed by atoms with Gasteiger partial charge in [-0.05, 0) is 25.3 Å². The molecular formula is C11H11N4O3S. The first-order chi connectivity index (χ1) is 9.33. The molecule has 0 spiro atoms. The van der Waals surface area contributed by atoms with Crippen LogP contribution in [-0.4, -0.2) is 33.9 Å². The Morgan fingerprint density at radius 2 is 2.58 bits per heavy atom. The third kappa shape index (κ3) is 3.68. The number of aromatic nitrogens is 2. The quantitative estimate of drug-likeness (QED) is 0.363. The number of nitrogens with one attached hydrogen (secondary N) is 1. The van der Waals surface area contributed by atoms with E-state index in [1.807, 2.05) is 12.2 Å². The van der Waals surface area contributed by atoms with Crippen LogP contribution in [0.15, 0.2) is 17.3 Å². The highest BCUT2D eigenvalue weighted by atomic mass is 32.1. The van der Waals surface area contributed by atoms with Crippen molar-refractivity contribution in [2.45, 2.75) is 25.4 Å². The maximum Gasteiger partial charge on any atom is 0.261 e. The van der Waals surface area contributed by atoms with Crippen molar-refractivity contribution in [3.8, 4) is 0 Å². The fraction of sp³-hybridized carbons (Fsp3) is 0.364. The van der Waals surface area contributed by atoms with E-state index in [9.17, 15) is 9.59 Å². The molecule has 8 heteroatoms. The summed E-state index contributed by atoms with van der Waals surface area (Å²) in [5.74, 6) is 0.0872. The van der Waals surface area contributed by atoms with E-state index in [1.54, 1.807) is 6.29 Å². The first-order valence-corrected chi connectivity index (χ1v) is 6.43. The van der Waals surface area contributed by atoms with Crippen LogP contribution in [0.2, 0.25) is 0 Å². The topological polar surface area (TPSA) is 93.5 Å². The predicted octanol–water partition coefficient (Wildman–Crippen LogP) is 1.05. The molecule has 1 N–H and O–H groups in total. The maximum absolute atomic E-state index is 10.8. The van der Waals surface area contributed by atoms with Crippen molar-refractivity contribution < 1.29 is 14.4 Å². The van der Waals surface area contributed by atoms with Gasteiger partial charge in [0.15, 0.2) is 5.71 Å². The molecule has 0 aromatic carbocycles. The Morgan fingerprint density at radius 3 is 3.26 bits per heavy atom. The maximum atomic E-state index is 10.8. The van der Waals surface area contributed by atoms with Gasteiger partial charge in [-0.1, -0.05) is 11.2 Å². The average Bonchev–Trinajstić information content (AvgIpc) is 2.90. The van der Waals surface area contributed by atoms with Crippen molar-refractivity contribution in [3.05, 3.63) is 18.0 Å². The van der Waals surface area contributed by atoms with Crippen LogP contribution >= 0.6 is 11.5 Å². The van der Waals surface area contributed by atoms with Crippen LogP contribution in [0.3, 0.4) is 0 Å². The largest absolute Gasteiger partial charge is 0.388 e. The van der Waals surface area contributed by atoms with Crippen molar-refractivity contribution in [2.24, 2.45) is 5.16 Å². The fourth-order valence-corrected chi connectivity index (χ4v) is 2.05. The van der Waals surface area contributed by atoms with Gasteiger partial charge in [-0.2, -0.15) is 9.36 Å². The highest BCUT2D eigenvalue weighted by Crippen LogP contribution is 2.14. The summed E-state index contributed by atoms with van der Waals surface area (Å²) in [4.78, 5) is 30.2. The predicted molar refractivity (Wildman–Crippen MR) is 69.7 cm³/mol. The Hall–Kier alpha value is -2.09. The molecule has 0 aliphatic heterocycles. The number of anilines is 1. The van der Waals surface area contributed by atoms with Gasteiger partial charge in [0, 0.05) is 11.5 Å². The molecule has 1 aromatic heterocycles. The number of amides is 1. The first-order valence-electron chi connectivity index (χ1n) is 5.66. The molecule has 1 heterocycles. The number of rotatable bonds is 6. The highest BCUT2D eigenvalue weighted by molar-refractivity contribution is 7.10. The monoisotopic (exact) mass is 279 g/mol. The van der Waals surface area contributed by atoms with Crippen molar-refractivity contribution in [1.29, 1.82) is 0 Å². The van der Waals surface area contributed by atoms with Gasteiger partial charge < -0.3 is 10.2 Å². The molecule has 7 nitrogen and oxygen atoms in total. The second-order valence-electron chi connectivity index (χ2n) is 3.73. The zero-order chi connectivity index (χ0) is 13.5. The highest BCUT2D eigenvalue weighted by Gasteiger charge is 2.14. The number of hydrogen-bond donors (Lipinski definition) is 1. The van der Waals surface area contributed by atoms with Crippen LogP contribution in [0, 0.1) is 0 Å². The standard InChI is InChI=1S/C11H11N4O3S/c16-6-9(10-13-11(12-7-17)19-15-10)14-18-8-4-2-1-3-5-8/h2,4,7-8H,1,3,5H2,(H,12,13,15,17). The van der Waals surface area contributed by atoms with Crippen molar-refractivity contribution >= 4 is 35.1 Å². The van der Waals surface area contributed by atoms with Crippen molar-refractivity contribution in [2.75, 3.05) is 5.32 Å². The van der Waals surface area contributed by atoms with E-state index >= 15 is 0 Å². The van der Waals surface area contributed by atoms with Gasteiger partial charge in [-0.15, -0.1) is 0 Å². The molecule has 1 aromatic rings. The van der Waals surface area contributed by atoms with Crippen LogP contribution in [0.25, 0.3) is 0 Å². The second-order valence-corrected chi connectivity index (χ2v) is 4.48. The molecule has 1 aliphatic rings. The number of oxime groups is 1. The van der Waals surface area contributed by atoms with Crippen LogP contribution in [-0.2, 0) is 14.4 Å². The van der Waals surface area contributed by atoms with Crippen LogP contribution in [0.5, 0.6) is 0 Å². The lowest BCUT2D eigenvalue weighted by atomic mass is 10.1. The van der Waals surface area contributed by atoms with Crippen LogP contribution < -0.4 is 5.32 Å². The van der Waals surface area contributed by atoms with E-state index < -0.39 is 0 Å². The number of nitrogens with zero attached hydrogens (tertiary/aromatic N) is 3. The van der Waals surface area contributed by atoms with Gasteiger partial charge in [0.2, 0.25) is 17.4 Å². The van der Waals surface area contributed by atoms with Gasteiger partial charge in [0.1, 0.15) is 6.10 Å². The number of carbonyl (C=O) groups excluding carboxylic acids is 2. The summed E-state index contributed by atoms with van der Waals surface area (Å²) >= 11 is 0.947. The smallest absolute Gasteiger partial charge is 0.261 e. The van der Waals surface area contributed by atoms with Gasteiger partial charge in [0.25, 0.3) is 6.29 Å². The number of hydrogen-bond acceptors (Lipinski definition) is 7. The molecule has 0 bridgehead atoms. The van der Waals surface area contributed by atoms with Gasteiger partial charge >= 0.3 is 0 Å². The molecule has 1 atom stereocenters. The lowest BCUT2D eigenvalue weighted by Gasteiger charge is -2.13. The summed E-state index contributed by atoms with van der Waals surface area (Å²) in [6, 6.07) is 0. The molecule has 19 heavy (non-hydrogen) atoms. The molecule has 2 rings (SSSR count). The summed E-state index contributed by atoms with van der Waals surface area (Å²) in [5, 5.41) is 6.34. The minimum absolute atomic E-state index is 0.0872. The molecule has 1 unspecified atom stereocenters. The lowest BCUT2D eigenvalue weighted by Crippen LogP contribution is -2.13. The van der Waals surface area contributed by atoms with E-state index in [0.29, 0.717) is 6.41 Å². The Labute approximate surface area is 113 Å². The third-order valence-electron chi connectivity index (χ3n) is 2.41. The van der Waals surface area contributed by atoms with Gasteiger partial charge in [-0.3, -0.25) is 9.59 Å². The summed E-state index contributed by atoms with van der Waals surface area (Å²) in [6.45, 7) is 0. The van der Waals surface area contributed by atoms with Gasteiger partial charge in [-0.25, -0.2) is 0 Å². The van der Waals surface area contributed by atoms with E-state index in [2.05, 4.69) is 19.8 Å². The Morgan fingerprint density at radius 1 is 1.68 bits per heavy atom. The Balaban J connectivity index is 2.04.